The summed E-state index contributed by atoms with van der Waals surface area (Å²) in [6, 6.07) is 8.17. The number of carbonyl (C=O) groups excluding carboxylic acids is 1. The Morgan fingerprint density at radius 1 is 1.38 bits per heavy atom. The zero-order chi connectivity index (χ0) is 17.4. The number of nitrogens with one attached hydrogen (secondary N) is 1. The standard InChI is InChI=1S/C21H31NO2/c1-3-6-19-12-14-21(4-2,16-19)13-5-7-17-8-10-18(11-9-17)15-20(23)22-24/h3,8-11,19,24H,1,4-7,12-16H2,2H3,(H,22,23). The molecule has 1 aliphatic carbocycles. The van der Waals surface area contributed by atoms with E-state index in [1.165, 1.54) is 50.5 Å². The van der Waals surface area contributed by atoms with Gasteiger partial charge in [-0.05, 0) is 67.4 Å². The minimum atomic E-state index is -0.372. The molecule has 1 amide bonds. The van der Waals surface area contributed by atoms with E-state index in [1.807, 2.05) is 12.1 Å². The van der Waals surface area contributed by atoms with Crippen molar-refractivity contribution in [3.63, 3.8) is 0 Å². The number of amides is 1. The van der Waals surface area contributed by atoms with Crippen molar-refractivity contribution in [1.82, 2.24) is 5.48 Å². The maximum Gasteiger partial charge on any atom is 0.247 e. The molecule has 1 aromatic rings. The summed E-state index contributed by atoms with van der Waals surface area (Å²) >= 11 is 0. The first-order chi connectivity index (χ1) is 11.6. The van der Waals surface area contributed by atoms with Crippen molar-refractivity contribution in [2.45, 2.75) is 64.7 Å². The first-order valence-electron chi connectivity index (χ1n) is 9.22. The second kappa shape index (κ2) is 9.03. The van der Waals surface area contributed by atoms with Crippen LogP contribution in [0.2, 0.25) is 0 Å². The maximum absolute atomic E-state index is 11.2. The van der Waals surface area contributed by atoms with Crippen LogP contribution in [0.1, 0.15) is 63.0 Å². The van der Waals surface area contributed by atoms with Crippen LogP contribution in [0.15, 0.2) is 36.9 Å². The molecule has 24 heavy (non-hydrogen) atoms. The number of hydroxylamine groups is 1. The van der Waals surface area contributed by atoms with Gasteiger partial charge in [-0.1, -0.05) is 43.7 Å². The third kappa shape index (κ3) is 5.20. The smallest absolute Gasteiger partial charge is 0.247 e. The molecule has 1 aromatic carbocycles. The third-order valence-corrected chi connectivity index (χ3v) is 5.74. The SMILES string of the molecule is C=CCC1CCC(CC)(CCCc2ccc(CC(=O)NO)cc2)C1. The Morgan fingerprint density at radius 2 is 2.08 bits per heavy atom. The van der Waals surface area contributed by atoms with Crippen LogP contribution in [0.5, 0.6) is 0 Å². The van der Waals surface area contributed by atoms with Crippen molar-refractivity contribution in [1.29, 1.82) is 0 Å². The van der Waals surface area contributed by atoms with Crippen LogP contribution in [-0.2, 0) is 17.6 Å². The van der Waals surface area contributed by atoms with E-state index in [-0.39, 0.29) is 12.3 Å². The van der Waals surface area contributed by atoms with Gasteiger partial charge in [0.15, 0.2) is 0 Å². The number of allylic oxidation sites excluding steroid dienone is 1. The molecule has 1 saturated carbocycles. The van der Waals surface area contributed by atoms with E-state index in [0.29, 0.717) is 5.41 Å². The van der Waals surface area contributed by atoms with Gasteiger partial charge in [0.1, 0.15) is 0 Å². The van der Waals surface area contributed by atoms with Crippen LogP contribution in [0.25, 0.3) is 0 Å². The van der Waals surface area contributed by atoms with Gasteiger partial charge in [-0.25, -0.2) is 5.48 Å². The highest BCUT2D eigenvalue weighted by Gasteiger charge is 2.36. The van der Waals surface area contributed by atoms with Crippen LogP contribution in [0.4, 0.5) is 0 Å². The number of hydrogen-bond acceptors (Lipinski definition) is 2. The number of benzene rings is 1. The first-order valence-corrected chi connectivity index (χ1v) is 9.22. The minimum Gasteiger partial charge on any atom is -0.289 e. The van der Waals surface area contributed by atoms with E-state index in [0.717, 1.165) is 17.9 Å². The second-order valence-corrected chi connectivity index (χ2v) is 7.37. The van der Waals surface area contributed by atoms with Gasteiger partial charge in [0.2, 0.25) is 5.91 Å². The summed E-state index contributed by atoms with van der Waals surface area (Å²) < 4.78 is 0. The molecule has 132 valence electrons. The summed E-state index contributed by atoms with van der Waals surface area (Å²) in [4.78, 5) is 11.2. The second-order valence-electron chi connectivity index (χ2n) is 7.37. The Hall–Kier alpha value is -1.61. The average Bonchev–Trinajstić information content (AvgIpc) is 3.00. The fraction of sp³-hybridized carbons (Fsp3) is 0.571. The molecule has 0 radical (unpaired) electrons. The van der Waals surface area contributed by atoms with Gasteiger partial charge in [-0.15, -0.1) is 6.58 Å². The lowest BCUT2D eigenvalue weighted by atomic mass is 9.77. The summed E-state index contributed by atoms with van der Waals surface area (Å²) in [5.74, 6) is 0.474. The summed E-state index contributed by atoms with van der Waals surface area (Å²) in [5.41, 5.74) is 4.48. The van der Waals surface area contributed by atoms with Gasteiger partial charge in [-0.2, -0.15) is 0 Å². The lowest BCUT2D eigenvalue weighted by Gasteiger charge is -2.28. The van der Waals surface area contributed by atoms with Crippen molar-refractivity contribution >= 4 is 5.91 Å². The Labute approximate surface area is 146 Å². The van der Waals surface area contributed by atoms with Crippen LogP contribution in [-0.4, -0.2) is 11.1 Å². The highest BCUT2D eigenvalue weighted by atomic mass is 16.5. The van der Waals surface area contributed by atoms with E-state index in [1.54, 1.807) is 5.48 Å². The monoisotopic (exact) mass is 329 g/mol. The molecule has 0 aliphatic heterocycles. The zero-order valence-electron chi connectivity index (χ0n) is 14.9. The molecule has 2 unspecified atom stereocenters. The van der Waals surface area contributed by atoms with Gasteiger partial charge in [0.05, 0.1) is 6.42 Å². The largest absolute Gasteiger partial charge is 0.289 e. The first kappa shape index (κ1) is 18.7. The van der Waals surface area contributed by atoms with E-state index in [9.17, 15) is 4.79 Å². The van der Waals surface area contributed by atoms with Crippen molar-refractivity contribution in [2.24, 2.45) is 11.3 Å². The fourth-order valence-corrected chi connectivity index (χ4v) is 4.20. The average molecular weight is 329 g/mol. The number of hydrogen-bond donors (Lipinski definition) is 2. The summed E-state index contributed by atoms with van der Waals surface area (Å²) in [5, 5.41) is 8.57. The number of aryl methyl sites for hydroxylation is 1. The van der Waals surface area contributed by atoms with Crippen LogP contribution in [0, 0.1) is 11.3 Å². The van der Waals surface area contributed by atoms with Crippen LogP contribution >= 0.6 is 0 Å². The van der Waals surface area contributed by atoms with Gasteiger partial charge < -0.3 is 0 Å². The van der Waals surface area contributed by atoms with Gasteiger partial charge in [0, 0.05) is 0 Å². The summed E-state index contributed by atoms with van der Waals surface area (Å²) in [6.45, 7) is 6.24. The molecule has 1 fully saturated rings. The molecular weight excluding hydrogens is 298 g/mol. The highest BCUT2D eigenvalue weighted by Crippen LogP contribution is 2.48. The van der Waals surface area contributed by atoms with E-state index >= 15 is 0 Å². The minimum absolute atomic E-state index is 0.223. The van der Waals surface area contributed by atoms with Crippen molar-refractivity contribution in [2.75, 3.05) is 0 Å². The predicted octanol–water partition coefficient (Wildman–Crippen LogP) is 4.83. The van der Waals surface area contributed by atoms with Crippen molar-refractivity contribution < 1.29 is 10.0 Å². The molecule has 2 rings (SSSR count). The normalized spacial score (nSPS) is 23.2. The fourth-order valence-electron chi connectivity index (χ4n) is 4.20. The van der Waals surface area contributed by atoms with Crippen LogP contribution < -0.4 is 5.48 Å². The molecule has 0 spiro atoms. The van der Waals surface area contributed by atoms with Gasteiger partial charge >= 0.3 is 0 Å². The topological polar surface area (TPSA) is 49.3 Å². The molecule has 0 saturated heterocycles. The van der Waals surface area contributed by atoms with Gasteiger partial charge in [-0.3, -0.25) is 10.0 Å². The molecule has 3 heteroatoms. The summed E-state index contributed by atoms with van der Waals surface area (Å²) in [7, 11) is 0. The zero-order valence-corrected chi connectivity index (χ0v) is 14.9. The lowest BCUT2D eigenvalue weighted by molar-refractivity contribution is -0.128. The molecule has 2 N–H and O–H groups in total. The molecular formula is C21H31NO2. The molecule has 2 atom stereocenters. The van der Waals surface area contributed by atoms with Crippen LogP contribution in [0.3, 0.4) is 0 Å². The molecule has 0 bridgehead atoms. The Kier molecular flexibility index (Phi) is 7.04. The number of rotatable bonds is 9. The predicted molar refractivity (Wildman–Crippen MR) is 97.9 cm³/mol. The third-order valence-electron chi connectivity index (χ3n) is 5.74. The van der Waals surface area contributed by atoms with E-state index in [2.05, 4.69) is 31.7 Å². The molecule has 0 aromatic heterocycles. The van der Waals surface area contributed by atoms with Crippen molar-refractivity contribution in [3.05, 3.63) is 48.0 Å². The highest BCUT2D eigenvalue weighted by molar-refractivity contribution is 5.77. The van der Waals surface area contributed by atoms with E-state index in [4.69, 9.17) is 5.21 Å². The Bertz CT molecular complexity index is 537. The summed E-state index contributed by atoms with van der Waals surface area (Å²) in [6.07, 6.45) is 12.5. The molecule has 0 heterocycles. The Balaban J connectivity index is 1.80. The van der Waals surface area contributed by atoms with Gasteiger partial charge in [0.25, 0.3) is 0 Å². The van der Waals surface area contributed by atoms with E-state index < -0.39 is 0 Å². The van der Waals surface area contributed by atoms with Crippen molar-refractivity contribution in [3.8, 4) is 0 Å². The Morgan fingerprint density at radius 3 is 2.71 bits per heavy atom. The maximum atomic E-state index is 11.2. The number of carbonyl (C=O) groups is 1. The quantitative estimate of drug-likeness (QED) is 0.387. The lowest BCUT2D eigenvalue weighted by Crippen LogP contribution is -2.20. The molecule has 3 nitrogen and oxygen atoms in total. The molecule has 1 aliphatic rings.